The predicted molar refractivity (Wildman–Crippen MR) is 91.3 cm³/mol. The summed E-state index contributed by atoms with van der Waals surface area (Å²) < 4.78 is 18.5. The third-order valence-corrected chi connectivity index (χ3v) is 3.50. The first-order valence-electron chi connectivity index (χ1n) is 6.73. The Bertz CT molecular complexity index is 705. The average molecular weight is 380 g/mol. The maximum absolute atomic E-state index is 13.1. The van der Waals surface area contributed by atoms with E-state index in [1.165, 1.54) is 12.3 Å². The van der Waals surface area contributed by atoms with Gasteiger partial charge in [0.05, 0.1) is 24.3 Å². The fourth-order valence-electron chi connectivity index (χ4n) is 1.70. The zero-order valence-electron chi connectivity index (χ0n) is 12.3. The molecule has 120 valence electrons. The summed E-state index contributed by atoms with van der Waals surface area (Å²) in [5.74, 6) is 0.100. The number of nitrogens with one attached hydrogen (secondary N) is 2. The molecule has 0 fully saturated rings. The maximum Gasteiger partial charge on any atom is 0.259 e. The average Bonchev–Trinajstić information content (AvgIpc) is 2.56. The van der Waals surface area contributed by atoms with E-state index < -0.39 is 0 Å². The molecule has 0 aliphatic carbocycles. The molecule has 2 rings (SSSR count). The van der Waals surface area contributed by atoms with Gasteiger partial charge in [-0.3, -0.25) is 4.79 Å². The van der Waals surface area contributed by atoms with E-state index in [0.29, 0.717) is 10.0 Å². The predicted octanol–water partition coefficient (Wildman–Crippen LogP) is 3.16. The number of anilines is 1. The van der Waals surface area contributed by atoms with E-state index in [9.17, 15) is 9.18 Å². The molecule has 0 unspecified atom stereocenters. The zero-order valence-corrected chi connectivity index (χ0v) is 13.9. The van der Waals surface area contributed by atoms with E-state index in [4.69, 9.17) is 4.74 Å². The molecule has 2 aromatic carbocycles. The van der Waals surface area contributed by atoms with Gasteiger partial charge in [-0.05, 0) is 57.9 Å². The van der Waals surface area contributed by atoms with Crippen LogP contribution >= 0.6 is 15.9 Å². The number of rotatable bonds is 6. The molecule has 0 aliphatic heterocycles. The van der Waals surface area contributed by atoms with Crippen molar-refractivity contribution in [1.82, 2.24) is 5.43 Å². The molecular formula is C16H15BrFN3O2. The molecule has 0 aliphatic rings. The molecule has 0 heterocycles. The third kappa shape index (κ3) is 5.37. The Kier molecular flexibility index (Phi) is 6.10. The van der Waals surface area contributed by atoms with Crippen LogP contribution in [0.3, 0.4) is 0 Å². The first-order chi connectivity index (χ1) is 11.1. The molecule has 0 spiro atoms. The van der Waals surface area contributed by atoms with Crippen LogP contribution in [0.1, 0.15) is 5.56 Å². The fourth-order valence-corrected chi connectivity index (χ4v) is 2.10. The van der Waals surface area contributed by atoms with Gasteiger partial charge in [-0.1, -0.05) is 6.07 Å². The largest absolute Gasteiger partial charge is 0.497 e. The highest BCUT2D eigenvalue weighted by atomic mass is 79.9. The van der Waals surface area contributed by atoms with Crippen LogP contribution in [0.5, 0.6) is 5.75 Å². The van der Waals surface area contributed by atoms with E-state index in [1.54, 1.807) is 31.4 Å². The Morgan fingerprint density at radius 3 is 2.70 bits per heavy atom. The SMILES string of the molecule is COc1ccc(NCC(=O)N/N=C\c2ccc(F)c(Br)c2)cc1. The first kappa shape index (κ1) is 17.0. The molecule has 2 aromatic rings. The Labute approximate surface area is 141 Å². The fraction of sp³-hybridized carbons (Fsp3) is 0.125. The molecule has 1 amide bonds. The van der Waals surface area contributed by atoms with Gasteiger partial charge in [-0.2, -0.15) is 5.10 Å². The quantitative estimate of drug-likeness (QED) is 0.598. The van der Waals surface area contributed by atoms with Crippen molar-refractivity contribution in [2.24, 2.45) is 5.10 Å². The van der Waals surface area contributed by atoms with Crippen molar-refractivity contribution in [1.29, 1.82) is 0 Å². The van der Waals surface area contributed by atoms with Crippen molar-refractivity contribution in [2.75, 3.05) is 19.0 Å². The van der Waals surface area contributed by atoms with Crippen LogP contribution in [-0.2, 0) is 4.79 Å². The maximum atomic E-state index is 13.1. The molecule has 0 bridgehead atoms. The van der Waals surface area contributed by atoms with Crippen molar-refractivity contribution in [2.45, 2.75) is 0 Å². The Morgan fingerprint density at radius 1 is 1.30 bits per heavy atom. The minimum absolute atomic E-state index is 0.0801. The topological polar surface area (TPSA) is 62.7 Å². The first-order valence-corrected chi connectivity index (χ1v) is 7.52. The Hall–Kier alpha value is -2.41. The molecule has 0 saturated carbocycles. The van der Waals surface area contributed by atoms with Gasteiger partial charge in [0, 0.05) is 5.69 Å². The number of methoxy groups -OCH3 is 1. The Morgan fingerprint density at radius 2 is 2.04 bits per heavy atom. The summed E-state index contributed by atoms with van der Waals surface area (Å²) in [6.07, 6.45) is 1.44. The normalized spacial score (nSPS) is 10.6. The van der Waals surface area contributed by atoms with Crippen LogP contribution in [0.2, 0.25) is 0 Å². The second kappa shape index (κ2) is 8.28. The molecule has 0 atom stereocenters. The Balaban J connectivity index is 1.79. The van der Waals surface area contributed by atoms with Gasteiger partial charge in [0.15, 0.2) is 0 Å². The molecular weight excluding hydrogens is 365 g/mol. The van der Waals surface area contributed by atoms with Crippen LogP contribution in [0.25, 0.3) is 0 Å². The van der Waals surface area contributed by atoms with E-state index in [-0.39, 0.29) is 18.3 Å². The highest BCUT2D eigenvalue weighted by molar-refractivity contribution is 9.10. The van der Waals surface area contributed by atoms with Crippen LogP contribution in [0, 0.1) is 5.82 Å². The number of carbonyl (C=O) groups excluding carboxylic acids is 1. The summed E-state index contributed by atoms with van der Waals surface area (Å²) in [4.78, 5) is 11.7. The van der Waals surface area contributed by atoms with E-state index in [2.05, 4.69) is 31.8 Å². The van der Waals surface area contributed by atoms with Crippen molar-refractivity contribution >= 4 is 33.7 Å². The molecule has 23 heavy (non-hydrogen) atoms. The molecule has 2 N–H and O–H groups in total. The van der Waals surface area contributed by atoms with Gasteiger partial charge in [0.1, 0.15) is 11.6 Å². The zero-order chi connectivity index (χ0) is 16.7. The van der Waals surface area contributed by atoms with Crippen molar-refractivity contribution in [3.63, 3.8) is 0 Å². The lowest BCUT2D eigenvalue weighted by molar-refractivity contribution is -0.119. The number of ether oxygens (including phenoxy) is 1. The summed E-state index contributed by atoms with van der Waals surface area (Å²) in [6, 6.07) is 11.7. The minimum Gasteiger partial charge on any atom is -0.497 e. The second-order valence-corrected chi connectivity index (χ2v) is 5.40. The molecule has 0 saturated heterocycles. The number of hydrazone groups is 1. The number of halogens is 2. The van der Waals surface area contributed by atoms with Crippen LogP contribution in [0.4, 0.5) is 10.1 Å². The van der Waals surface area contributed by atoms with Gasteiger partial charge in [-0.25, -0.2) is 9.82 Å². The van der Waals surface area contributed by atoms with E-state index >= 15 is 0 Å². The van der Waals surface area contributed by atoms with Gasteiger partial charge in [-0.15, -0.1) is 0 Å². The third-order valence-electron chi connectivity index (χ3n) is 2.89. The summed E-state index contributed by atoms with van der Waals surface area (Å²) in [6.45, 7) is 0.0801. The van der Waals surface area contributed by atoms with Gasteiger partial charge in [0.2, 0.25) is 0 Å². The molecule has 0 radical (unpaired) electrons. The van der Waals surface area contributed by atoms with Gasteiger partial charge < -0.3 is 10.1 Å². The number of hydrogen-bond acceptors (Lipinski definition) is 4. The standard InChI is InChI=1S/C16H15BrFN3O2/c1-23-13-5-3-12(4-6-13)19-10-16(22)21-20-9-11-2-7-15(18)14(17)8-11/h2-9,19H,10H2,1H3,(H,21,22)/b20-9-. The summed E-state index contributed by atoms with van der Waals surface area (Å²) >= 11 is 3.08. The lowest BCUT2D eigenvalue weighted by atomic mass is 10.2. The van der Waals surface area contributed by atoms with Crippen LogP contribution in [0.15, 0.2) is 52.0 Å². The van der Waals surface area contributed by atoms with Crippen LogP contribution in [-0.4, -0.2) is 25.8 Å². The minimum atomic E-state index is -0.352. The number of nitrogens with zero attached hydrogens (tertiary/aromatic N) is 1. The molecule has 7 heteroatoms. The molecule has 0 aromatic heterocycles. The lowest BCUT2D eigenvalue weighted by Crippen LogP contribution is -2.25. The van der Waals surface area contributed by atoms with E-state index in [0.717, 1.165) is 11.4 Å². The van der Waals surface area contributed by atoms with E-state index in [1.807, 2.05) is 12.1 Å². The van der Waals surface area contributed by atoms with Crippen LogP contribution < -0.4 is 15.5 Å². The number of carbonyl (C=O) groups is 1. The monoisotopic (exact) mass is 379 g/mol. The number of benzene rings is 2. The smallest absolute Gasteiger partial charge is 0.259 e. The summed E-state index contributed by atoms with van der Waals surface area (Å²) in [5, 5.41) is 6.79. The van der Waals surface area contributed by atoms with Crippen molar-refractivity contribution in [3.05, 3.63) is 58.3 Å². The second-order valence-electron chi connectivity index (χ2n) is 4.55. The lowest BCUT2D eigenvalue weighted by Gasteiger charge is -2.06. The highest BCUT2D eigenvalue weighted by Gasteiger charge is 2.01. The van der Waals surface area contributed by atoms with Crippen molar-refractivity contribution in [3.8, 4) is 5.75 Å². The van der Waals surface area contributed by atoms with Crippen molar-refractivity contribution < 1.29 is 13.9 Å². The number of amides is 1. The summed E-state index contributed by atoms with van der Waals surface area (Å²) in [7, 11) is 1.59. The van der Waals surface area contributed by atoms with Gasteiger partial charge in [0.25, 0.3) is 5.91 Å². The molecule has 5 nitrogen and oxygen atoms in total. The summed E-state index contributed by atoms with van der Waals surface area (Å²) in [5.41, 5.74) is 3.86. The van der Waals surface area contributed by atoms with Gasteiger partial charge >= 0.3 is 0 Å². The number of hydrogen-bond donors (Lipinski definition) is 2. The highest BCUT2D eigenvalue weighted by Crippen LogP contribution is 2.16.